The van der Waals surface area contributed by atoms with Crippen LogP contribution in [-0.4, -0.2) is 25.2 Å². The molecule has 56 valence electrons. The highest BCUT2D eigenvalue weighted by Gasteiger charge is 2.33. The van der Waals surface area contributed by atoms with Crippen molar-refractivity contribution >= 4 is 0 Å². The molecule has 2 heterocycles. The molecule has 1 saturated heterocycles. The first-order valence-corrected chi connectivity index (χ1v) is 3.96. The zero-order valence-corrected chi connectivity index (χ0v) is 6.41. The van der Waals surface area contributed by atoms with E-state index in [1.807, 2.05) is 0 Å². The fourth-order valence-electron chi connectivity index (χ4n) is 1.82. The van der Waals surface area contributed by atoms with E-state index < -0.39 is 0 Å². The molecule has 0 bridgehead atoms. The molecule has 0 unspecified atom stereocenters. The van der Waals surface area contributed by atoms with Crippen molar-refractivity contribution in [3.63, 3.8) is 0 Å². The van der Waals surface area contributed by atoms with Crippen LogP contribution < -0.4 is 10.6 Å². The van der Waals surface area contributed by atoms with Gasteiger partial charge in [0.1, 0.15) is 0 Å². The molecule has 2 heteroatoms. The van der Waals surface area contributed by atoms with Gasteiger partial charge in [-0.2, -0.15) is 0 Å². The summed E-state index contributed by atoms with van der Waals surface area (Å²) >= 11 is 0. The maximum absolute atomic E-state index is 3.53. The zero-order chi connectivity index (χ0) is 7.03. The van der Waals surface area contributed by atoms with Crippen LogP contribution in [0.2, 0.25) is 0 Å². The Labute approximate surface area is 61.7 Å². The highest BCUT2D eigenvalue weighted by molar-refractivity contribution is 5.28. The smallest absolute Gasteiger partial charge is 0.0504 e. The maximum Gasteiger partial charge on any atom is 0.0504 e. The molecule has 2 rings (SSSR count). The van der Waals surface area contributed by atoms with Gasteiger partial charge in [-0.05, 0) is 25.5 Å². The average molecular weight is 138 g/mol. The van der Waals surface area contributed by atoms with Crippen molar-refractivity contribution in [3.05, 3.63) is 11.6 Å². The summed E-state index contributed by atoms with van der Waals surface area (Å²) in [7, 11) is 0. The molecule has 2 aliphatic rings. The lowest BCUT2D eigenvalue weighted by Crippen LogP contribution is -2.47. The molecular weight excluding hydrogens is 124 g/mol. The van der Waals surface area contributed by atoms with Gasteiger partial charge in [0.05, 0.1) is 5.54 Å². The minimum absolute atomic E-state index is 0.290. The highest BCUT2D eigenvalue weighted by Crippen LogP contribution is 2.23. The quantitative estimate of drug-likeness (QED) is 0.469. The first-order chi connectivity index (χ1) is 4.81. The molecule has 1 atom stereocenters. The Hall–Kier alpha value is -0.340. The van der Waals surface area contributed by atoms with Crippen LogP contribution >= 0.6 is 0 Å². The molecule has 0 saturated carbocycles. The molecule has 0 aliphatic carbocycles. The van der Waals surface area contributed by atoms with Crippen LogP contribution in [0, 0.1) is 0 Å². The van der Waals surface area contributed by atoms with Gasteiger partial charge in [0.15, 0.2) is 0 Å². The van der Waals surface area contributed by atoms with Gasteiger partial charge < -0.3 is 10.6 Å². The Morgan fingerprint density at radius 2 is 2.50 bits per heavy atom. The SMILES string of the molecule is C[C@]12CNCC1=CCCN2. The van der Waals surface area contributed by atoms with Crippen molar-refractivity contribution in [2.75, 3.05) is 19.6 Å². The molecule has 10 heavy (non-hydrogen) atoms. The molecule has 0 aromatic heterocycles. The Morgan fingerprint density at radius 1 is 1.60 bits per heavy atom. The molecule has 2 aliphatic heterocycles. The van der Waals surface area contributed by atoms with E-state index in [9.17, 15) is 0 Å². The van der Waals surface area contributed by atoms with Crippen molar-refractivity contribution in [2.24, 2.45) is 0 Å². The highest BCUT2D eigenvalue weighted by atomic mass is 15.1. The third-order valence-electron chi connectivity index (χ3n) is 2.55. The van der Waals surface area contributed by atoms with Crippen LogP contribution in [0.15, 0.2) is 11.6 Å². The molecule has 0 aromatic carbocycles. The summed E-state index contributed by atoms with van der Waals surface area (Å²) in [4.78, 5) is 0. The number of hydrogen-bond donors (Lipinski definition) is 2. The Balaban J connectivity index is 2.28. The van der Waals surface area contributed by atoms with Crippen molar-refractivity contribution < 1.29 is 0 Å². The van der Waals surface area contributed by atoms with E-state index in [1.165, 1.54) is 6.42 Å². The monoisotopic (exact) mass is 138 g/mol. The topological polar surface area (TPSA) is 24.1 Å². The number of hydrogen-bond acceptors (Lipinski definition) is 2. The predicted octanol–water partition coefficient (Wildman–Crippen LogP) is 0.268. The number of rotatable bonds is 0. The van der Waals surface area contributed by atoms with Crippen molar-refractivity contribution in [1.29, 1.82) is 0 Å². The summed E-state index contributed by atoms with van der Waals surface area (Å²) in [6, 6.07) is 0. The summed E-state index contributed by atoms with van der Waals surface area (Å²) in [5.41, 5.74) is 1.84. The third kappa shape index (κ3) is 0.796. The third-order valence-corrected chi connectivity index (χ3v) is 2.55. The first kappa shape index (κ1) is 6.38. The fourth-order valence-corrected chi connectivity index (χ4v) is 1.82. The summed E-state index contributed by atoms with van der Waals surface area (Å²) in [6.07, 6.45) is 3.57. The lowest BCUT2D eigenvalue weighted by atomic mass is 9.91. The summed E-state index contributed by atoms with van der Waals surface area (Å²) < 4.78 is 0. The zero-order valence-electron chi connectivity index (χ0n) is 6.41. The largest absolute Gasteiger partial charge is 0.311 e. The van der Waals surface area contributed by atoms with Gasteiger partial charge in [0.25, 0.3) is 0 Å². The van der Waals surface area contributed by atoms with Crippen LogP contribution in [0.3, 0.4) is 0 Å². The average Bonchev–Trinajstić information content (AvgIpc) is 2.29. The fraction of sp³-hybridized carbons (Fsp3) is 0.750. The van der Waals surface area contributed by atoms with Gasteiger partial charge in [-0.25, -0.2) is 0 Å². The van der Waals surface area contributed by atoms with E-state index in [4.69, 9.17) is 0 Å². The van der Waals surface area contributed by atoms with Gasteiger partial charge >= 0.3 is 0 Å². The molecule has 0 aromatic rings. The van der Waals surface area contributed by atoms with Crippen molar-refractivity contribution in [3.8, 4) is 0 Å². The van der Waals surface area contributed by atoms with Gasteiger partial charge in [-0.15, -0.1) is 0 Å². The molecular formula is C8H14N2. The second-order valence-corrected chi connectivity index (χ2v) is 3.38. The predicted molar refractivity (Wildman–Crippen MR) is 42.0 cm³/mol. The minimum Gasteiger partial charge on any atom is -0.311 e. The molecule has 2 nitrogen and oxygen atoms in total. The molecule has 0 amide bonds. The van der Waals surface area contributed by atoms with Crippen molar-refractivity contribution in [2.45, 2.75) is 18.9 Å². The van der Waals surface area contributed by atoms with Gasteiger partial charge in [-0.1, -0.05) is 6.08 Å². The van der Waals surface area contributed by atoms with E-state index in [-0.39, 0.29) is 5.54 Å². The van der Waals surface area contributed by atoms with Crippen LogP contribution in [0.5, 0.6) is 0 Å². The standard InChI is InChI=1S/C8H14N2/c1-8-6-9-5-7(8)3-2-4-10-8/h3,9-10H,2,4-6H2,1H3/t8-/m0/s1. The van der Waals surface area contributed by atoms with E-state index in [2.05, 4.69) is 23.6 Å². The van der Waals surface area contributed by atoms with Gasteiger partial charge in [0, 0.05) is 13.1 Å². The summed E-state index contributed by atoms with van der Waals surface area (Å²) in [5.74, 6) is 0. The van der Waals surface area contributed by atoms with Crippen LogP contribution in [0.4, 0.5) is 0 Å². The molecule has 0 radical (unpaired) electrons. The molecule has 2 N–H and O–H groups in total. The second kappa shape index (κ2) is 2.07. The molecule has 0 spiro atoms. The minimum atomic E-state index is 0.290. The summed E-state index contributed by atoms with van der Waals surface area (Å²) in [5, 5.41) is 6.90. The Morgan fingerprint density at radius 3 is 3.30 bits per heavy atom. The number of fused-ring (bicyclic) bond motifs is 1. The lowest BCUT2D eigenvalue weighted by Gasteiger charge is -2.30. The van der Waals surface area contributed by atoms with Gasteiger partial charge in [0.2, 0.25) is 0 Å². The second-order valence-electron chi connectivity index (χ2n) is 3.38. The van der Waals surface area contributed by atoms with Crippen LogP contribution in [-0.2, 0) is 0 Å². The maximum atomic E-state index is 3.53. The van der Waals surface area contributed by atoms with Crippen LogP contribution in [0.25, 0.3) is 0 Å². The van der Waals surface area contributed by atoms with E-state index in [1.54, 1.807) is 5.57 Å². The van der Waals surface area contributed by atoms with Crippen molar-refractivity contribution in [1.82, 2.24) is 10.6 Å². The normalized spacial score (nSPS) is 39.1. The Bertz CT molecular complexity index is 174. The first-order valence-electron chi connectivity index (χ1n) is 3.96. The van der Waals surface area contributed by atoms with E-state index >= 15 is 0 Å². The lowest BCUT2D eigenvalue weighted by molar-refractivity contribution is 0.431. The summed E-state index contributed by atoms with van der Waals surface area (Å²) in [6.45, 7) is 5.60. The van der Waals surface area contributed by atoms with Crippen LogP contribution in [0.1, 0.15) is 13.3 Å². The van der Waals surface area contributed by atoms with Gasteiger partial charge in [-0.3, -0.25) is 0 Å². The number of nitrogens with one attached hydrogen (secondary N) is 2. The van der Waals surface area contributed by atoms with E-state index in [0.717, 1.165) is 19.6 Å². The Kier molecular flexibility index (Phi) is 1.32. The van der Waals surface area contributed by atoms with E-state index in [0.29, 0.717) is 0 Å². The molecule has 1 fully saturated rings.